The van der Waals surface area contributed by atoms with Crippen LogP contribution in [0.15, 0.2) is 24.3 Å². The number of alkyl halides is 3. The predicted molar refractivity (Wildman–Crippen MR) is 89.9 cm³/mol. The van der Waals surface area contributed by atoms with Crippen molar-refractivity contribution in [2.75, 3.05) is 0 Å². The lowest BCUT2D eigenvalue weighted by atomic mass is 9.91. The van der Waals surface area contributed by atoms with Gasteiger partial charge in [-0.1, -0.05) is 19.1 Å². The molecule has 0 aliphatic heterocycles. The number of hydrogen-bond acceptors (Lipinski definition) is 2. The van der Waals surface area contributed by atoms with Crippen molar-refractivity contribution in [2.24, 2.45) is 11.7 Å². The first-order valence-electron chi connectivity index (χ1n) is 7.98. The van der Waals surface area contributed by atoms with Gasteiger partial charge in [-0.25, -0.2) is 0 Å². The molecule has 1 fully saturated rings. The number of carbonyl (C=O) groups excluding carboxylic acids is 1. The largest absolute Gasteiger partial charge is 0.416 e. The van der Waals surface area contributed by atoms with Gasteiger partial charge in [0.25, 0.3) is 0 Å². The SMILES string of the molecule is CC(Cc1ccc(C(F)(F)F)cc1)C(=O)NC1CCC(N)CC1.Cl. The molecule has 1 atom stereocenters. The van der Waals surface area contributed by atoms with Crippen molar-refractivity contribution in [3.63, 3.8) is 0 Å². The molecule has 1 amide bonds. The second-order valence-electron chi connectivity index (χ2n) is 6.42. The molecule has 0 spiro atoms. The molecule has 0 bridgehead atoms. The molecule has 0 heterocycles. The highest BCUT2D eigenvalue weighted by Gasteiger charge is 2.30. The molecule has 0 aromatic heterocycles. The Morgan fingerprint density at radius 1 is 1.21 bits per heavy atom. The average molecular weight is 365 g/mol. The van der Waals surface area contributed by atoms with Gasteiger partial charge >= 0.3 is 6.18 Å². The highest BCUT2D eigenvalue weighted by Crippen LogP contribution is 2.29. The van der Waals surface area contributed by atoms with E-state index in [4.69, 9.17) is 5.73 Å². The Morgan fingerprint density at radius 2 is 1.75 bits per heavy atom. The number of nitrogens with two attached hydrogens (primary N) is 1. The fourth-order valence-corrected chi connectivity index (χ4v) is 2.88. The summed E-state index contributed by atoms with van der Waals surface area (Å²) in [7, 11) is 0. The first-order valence-corrected chi connectivity index (χ1v) is 7.98. The van der Waals surface area contributed by atoms with Crippen molar-refractivity contribution >= 4 is 18.3 Å². The summed E-state index contributed by atoms with van der Waals surface area (Å²) < 4.78 is 37.6. The van der Waals surface area contributed by atoms with Crippen molar-refractivity contribution in [3.05, 3.63) is 35.4 Å². The monoisotopic (exact) mass is 364 g/mol. The van der Waals surface area contributed by atoms with Gasteiger partial charge in [0.1, 0.15) is 0 Å². The Hall–Kier alpha value is -1.27. The number of nitrogens with one attached hydrogen (secondary N) is 1. The Balaban J connectivity index is 0.00000288. The molecular weight excluding hydrogens is 341 g/mol. The van der Waals surface area contributed by atoms with Crippen LogP contribution in [0.2, 0.25) is 0 Å². The van der Waals surface area contributed by atoms with E-state index in [0.29, 0.717) is 6.42 Å². The molecule has 7 heteroatoms. The third kappa shape index (κ3) is 5.98. The summed E-state index contributed by atoms with van der Waals surface area (Å²) in [6.45, 7) is 1.79. The van der Waals surface area contributed by atoms with Crippen LogP contribution in [-0.4, -0.2) is 18.0 Å². The van der Waals surface area contributed by atoms with Gasteiger partial charge in [-0.05, 0) is 49.8 Å². The Labute approximate surface area is 146 Å². The first-order chi connectivity index (χ1) is 10.8. The van der Waals surface area contributed by atoms with Gasteiger partial charge in [-0.2, -0.15) is 13.2 Å². The number of carbonyl (C=O) groups is 1. The quantitative estimate of drug-likeness (QED) is 0.856. The summed E-state index contributed by atoms with van der Waals surface area (Å²) in [5.74, 6) is -0.326. The lowest BCUT2D eigenvalue weighted by molar-refractivity contribution is -0.137. The van der Waals surface area contributed by atoms with E-state index in [9.17, 15) is 18.0 Å². The third-order valence-corrected chi connectivity index (χ3v) is 4.39. The van der Waals surface area contributed by atoms with E-state index >= 15 is 0 Å². The Kier molecular flexibility index (Phi) is 7.55. The van der Waals surface area contributed by atoms with Crippen molar-refractivity contribution in [2.45, 2.75) is 57.3 Å². The zero-order valence-corrected chi connectivity index (χ0v) is 14.4. The summed E-state index contributed by atoms with van der Waals surface area (Å²) in [6, 6.07) is 5.38. The molecule has 2 rings (SSSR count). The second-order valence-corrected chi connectivity index (χ2v) is 6.42. The van der Waals surface area contributed by atoms with E-state index in [1.807, 2.05) is 0 Å². The third-order valence-electron chi connectivity index (χ3n) is 4.39. The van der Waals surface area contributed by atoms with Crippen LogP contribution in [-0.2, 0) is 17.4 Å². The van der Waals surface area contributed by atoms with Crippen molar-refractivity contribution < 1.29 is 18.0 Å². The zero-order chi connectivity index (χ0) is 17.0. The van der Waals surface area contributed by atoms with Crippen LogP contribution in [0.4, 0.5) is 13.2 Å². The average Bonchev–Trinajstić information content (AvgIpc) is 2.49. The number of benzene rings is 1. The fourth-order valence-electron chi connectivity index (χ4n) is 2.88. The van der Waals surface area contributed by atoms with Gasteiger partial charge in [-0.15, -0.1) is 12.4 Å². The van der Waals surface area contributed by atoms with Gasteiger partial charge in [-0.3, -0.25) is 4.79 Å². The van der Waals surface area contributed by atoms with E-state index in [2.05, 4.69) is 5.32 Å². The Morgan fingerprint density at radius 3 is 2.25 bits per heavy atom. The molecule has 3 nitrogen and oxygen atoms in total. The standard InChI is InChI=1S/C17H23F3N2O.ClH/c1-11(16(23)22-15-8-6-14(21)7-9-15)10-12-2-4-13(5-3-12)17(18,19)20;/h2-5,11,14-15H,6-10,21H2,1H3,(H,22,23);1H. The molecule has 0 saturated heterocycles. The molecular formula is C17H24ClF3N2O. The lowest BCUT2D eigenvalue weighted by Gasteiger charge is -2.27. The zero-order valence-electron chi connectivity index (χ0n) is 13.6. The summed E-state index contributed by atoms with van der Waals surface area (Å²) in [5.41, 5.74) is 5.90. The predicted octanol–water partition coefficient (Wildman–Crippen LogP) is 3.69. The van der Waals surface area contributed by atoms with E-state index in [0.717, 1.165) is 43.4 Å². The number of amides is 1. The highest BCUT2D eigenvalue weighted by molar-refractivity contribution is 5.85. The minimum absolute atomic E-state index is 0. The molecule has 1 aromatic rings. The van der Waals surface area contributed by atoms with Crippen LogP contribution >= 0.6 is 12.4 Å². The second kappa shape index (κ2) is 8.72. The highest BCUT2D eigenvalue weighted by atomic mass is 35.5. The van der Waals surface area contributed by atoms with Crippen LogP contribution in [0.5, 0.6) is 0 Å². The summed E-state index contributed by atoms with van der Waals surface area (Å²) >= 11 is 0. The molecule has 1 unspecified atom stereocenters. The number of hydrogen-bond donors (Lipinski definition) is 2. The maximum Gasteiger partial charge on any atom is 0.416 e. The normalized spacial score (nSPS) is 22.4. The molecule has 1 saturated carbocycles. The molecule has 0 radical (unpaired) electrons. The van der Waals surface area contributed by atoms with Gasteiger partial charge in [0.05, 0.1) is 5.56 Å². The van der Waals surface area contributed by atoms with E-state index < -0.39 is 11.7 Å². The van der Waals surface area contributed by atoms with E-state index in [1.54, 1.807) is 6.92 Å². The topological polar surface area (TPSA) is 55.1 Å². The smallest absolute Gasteiger partial charge is 0.353 e. The number of halogens is 4. The van der Waals surface area contributed by atoms with Crippen molar-refractivity contribution in [1.82, 2.24) is 5.32 Å². The first kappa shape index (κ1) is 20.8. The van der Waals surface area contributed by atoms with Gasteiger partial charge < -0.3 is 11.1 Å². The molecule has 3 N–H and O–H groups in total. The van der Waals surface area contributed by atoms with Gasteiger partial charge in [0.15, 0.2) is 0 Å². The van der Waals surface area contributed by atoms with Crippen LogP contribution in [0.25, 0.3) is 0 Å². The lowest BCUT2D eigenvalue weighted by Crippen LogP contribution is -2.42. The molecule has 1 aliphatic carbocycles. The van der Waals surface area contributed by atoms with Crippen LogP contribution in [0.1, 0.15) is 43.7 Å². The van der Waals surface area contributed by atoms with Crippen molar-refractivity contribution in [3.8, 4) is 0 Å². The molecule has 24 heavy (non-hydrogen) atoms. The van der Waals surface area contributed by atoms with Gasteiger partial charge in [0, 0.05) is 18.0 Å². The minimum Gasteiger partial charge on any atom is -0.353 e. The molecule has 136 valence electrons. The molecule has 1 aromatic carbocycles. The van der Waals surface area contributed by atoms with Crippen LogP contribution in [0, 0.1) is 5.92 Å². The van der Waals surface area contributed by atoms with E-state index in [1.165, 1.54) is 12.1 Å². The number of rotatable bonds is 4. The maximum absolute atomic E-state index is 12.5. The van der Waals surface area contributed by atoms with Crippen LogP contribution < -0.4 is 11.1 Å². The maximum atomic E-state index is 12.5. The Bertz CT molecular complexity index is 526. The van der Waals surface area contributed by atoms with Gasteiger partial charge in [0.2, 0.25) is 5.91 Å². The fraction of sp³-hybridized carbons (Fsp3) is 0.588. The molecule has 1 aliphatic rings. The van der Waals surface area contributed by atoms with E-state index in [-0.39, 0.29) is 36.3 Å². The minimum atomic E-state index is -4.33. The summed E-state index contributed by atoms with van der Waals surface area (Å²) in [4.78, 5) is 12.2. The van der Waals surface area contributed by atoms with Crippen LogP contribution in [0.3, 0.4) is 0 Å². The summed E-state index contributed by atoms with van der Waals surface area (Å²) in [5, 5.41) is 3.02. The van der Waals surface area contributed by atoms with Crippen molar-refractivity contribution in [1.29, 1.82) is 0 Å². The summed E-state index contributed by atoms with van der Waals surface area (Å²) in [6.07, 6.45) is -0.296.